The predicted molar refractivity (Wildman–Crippen MR) is 79.5 cm³/mol. The number of hydrogen-bond donors (Lipinski definition) is 1. The normalized spacial score (nSPS) is 15.1. The van der Waals surface area contributed by atoms with Gasteiger partial charge in [-0.25, -0.2) is 4.98 Å². The van der Waals surface area contributed by atoms with Crippen molar-refractivity contribution in [3.8, 4) is 5.69 Å². The number of nitrogens with zero attached hydrogens (tertiary/aromatic N) is 5. The minimum absolute atomic E-state index is 0. The van der Waals surface area contributed by atoms with Crippen molar-refractivity contribution in [1.82, 2.24) is 25.0 Å². The summed E-state index contributed by atoms with van der Waals surface area (Å²) in [6.45, 7) is 3.43. The van der Waals surface area contributed by atoms with Crippen molar-refractivity contribution in [3.05, 3.63) is 36.0 Å². The van der Waals surface area contributed by atoms with Crippen molar-refractivity contribution in [2.24, 2.45) is 0 Å². The van der Waals surface area contributed by atoms with E-state index in [1.54, 1.807) is 10.9 Å². The minimum atomic E-state index is 0. The SMILES string of the molecule is Cc1ccc(-n2nnc3cnc(NC4COC4)nc32)cc1.[HH]. The highest BCUT2D eigenvalue weighted by molar-refractivity contribution is 5.71. The fourth-order valence-corrected chi connectivity index (χ4v) is 2.16. The van der Waals surface area contributed by atoms with Gasteiger partial charge in [-0.2, -0.15) is 9.67 Å². The maximum absolute atomic E-state index is 5.14. The number of aryl methyl sites for hydroxylation is 1. The number of anilines is 1. The van der Waals surface area contributed by atoms with Crippen LogP contribution in [-0.2, 0) is 4.74 Å². The van der Waals surface area contributed by atoms with Crippen molar-refractivity contribution < 1.29 is 6.16 Å². The Hall–Kier alpha value is -2.54. The number of nitrogens with one attached hydrogen (secondary N) is 1. The summed E-state index contributed by atoms with van der Waals surface area (Å²) in [4.78, 5) is 8.77. The van der Waals surface area contributed by atoms with Gasteiger partial charge < -0.3 is 10.1 Å². The molecule has 7 heteroatoms. The first-order valence-corrected chi connectivity index (χ1v) is 6.79. The van der Waals surface area contributed by atoms with E-state index in [4.69, 9.17) is 4.74 Å². The Labute approximate surface area is 122 Å². The monoisotopic (exact) mass is 284 g/mol. The number of fused-ring (bicyclic) bond motifs is 1. The summed E-state index contributed by atoms with van der Waals surface area (Å²) in [5, 5.41) is 11.5. The van der Waals surface area contributed by atoms with Crippen LogP contribution in [0.15, 0.2) is 30.5 Å². The molecule has 108 valence electrons. The lowest BCUT2D eigenvalue weighted by atomic mass is 10.2. The van der Waals surface area contributed by atoms with Gasteiger partial charge in [0.05, 0.1) is 31.1 Å². The Morgan fingerprint density at radius 1 is 1.29 bits per heavy atom. The molecule has 0 aliphatic carbocycles. The van der Waals surface area contributed by atoms with E-state index in [1.807, 2.05) is 31.2 Å². The summed E-state index contributed by atoms with van der Waals surface area (Å²) in [6, 6.07) is 8.35. The molecule has 0 amide bonds. The first kappa shape index (κ1) is 12.2. The zero-order chi connectivity index (χ0) is 14.2. The summed E-state index contributed by atoms with van der Waals surface area (Å²) in [5.74, 6) is 0.575. The minimum Gasteiger partial charge on any atom is -0.377 e. The second kappa shape index (κ2) is 4.78. The molecule has 1 aliphatic heterocycles. The van der Waals surface area contributed by atoms with Gasteiger partial charge in [-0.3, -0.25) is 0 Å². The first-order valence-electron chi connectivity index (χ1n) is 6.79. The van der Waals surface area contributed by atoms with Gasteiger partial charge in [-0.15, -0.1) is 5.10 Å². The van der Waals surface area contributed by atoms with Gasteiger partial charge in [0, 0.05) is 1.43 Å². The molecule has 1 aliphatic rings. The molecule has 0 bridgehead atoms. The Bertz CT molecular complexity index is 784. The van der Waals surface area contributed by atoms with Gasteiger partial charge in [0.1, 0.15) is 0 Å². The lowest BCUT2D eigenvalue weighted by molar-refractivity contribution is 0.0208. The van der Waals surface area contributed by atoms with Crippen molar-refractivity contribution in [2.45, 2.75) is 13.0 Å². The van der Waals surface area contributed by atoms with E-state index in [9.17, 15) is 0 Å². The summed E-state index contributed by atoms with van der Waals surface area (Å²) in [5.41, 5.74) is 3.49. The average Bonchev–Trinajstić information content (AvgIpc) is 2.87. The standard InChI is InChI=1S/C14H14N6O.H2/c1-9-2-4-11(5-3-9)20-13-12(18-19-20)6-15-14(17-13)16-10-7-21-8-10;/h2-6,10H,7-8H2,1H3,(H,15,16,17);1H. The van der Waals surface area contributed by atoms with Crippen molar-refractivity contribution in [2.75, 3.05) is 18.5 Å². The van der Waals surface area contributed by atoms with Gasteiger partial charge >= 0.3 is 0 Å². The molecular weight excluding hydrogens is 268 g/mol. The molecule has 0 spiro atoms. The molecular formula is C14H16N6O. The fraction of sp³-hybridized carbons (Fsp3) is 0.286. The van der Waals surface area contributed by atoms with Crippen molar-refractivity contribution in [3.63, 3.8) is 0 Å². The van der Waals surface area contributed by atoms with Crippen LogP contribution in [0.3, 0.4) is 0 Å². The van der Waals surface area contributed by atoms with E-state index in [1.165, 1.54) is 5.56 Å². The van der Waals surface area contributed by atoms with Crippen molar-refractivity contribution in [1.29, 1.82) is 0 Å². The number of aromatic nitrogens is 5. The van der Waals surface area contributed by atoms with E-state index in [0.29, 0.717) is 30.3 Å². The molecule has 7 nitrogen and oxygen atoms in total. The zero-order valence-electron chi connectivity index (χ0n) is 11.5. The van der Waals surface area contributed by atoms with Gasteiger partial charge in [0.25, 0.3) is 0 Å². The number of hydrogen-bond acceptors (Lipinski definition) is 6. The Morgan fingerprint density at radius 2 is 2.10 bits per heavy atom. The Morgan fingerprint density at radius 3 is 2.81 bits per heavy atom. The third-order valence-electron chi connectivity index (χ3n) is 3.44. The van der Waals surface area contributed by atoms with E-state index in [0.717, 1.165) is 5.69 Å². The second-order valence-electron chi connectivity index (χ2n) is 5.12. The molecule has 0 atom stereocenters. The van der Waals surface area contributed by atoms with E-state index >= 15 is 0 Å². The van der Waals surface area contributed by atoms with Gasteiger partial charge in [-0.1, -0.05) is 22.9 Å². The highest BCUT2D eigenvalue weighted by Gasteiger charge is 2.19. The molecule has 4 rings (SSSR count). The molecule has 1 aromatic carbocycles. The van der Waals surface area contributed by atoms with E-state index in [-0.39, 0.29) is 7.47 Å². The van der Waals surface area contributed by atoms with Crippen molar-refractivity contribution >= 4 is 17.1 Å². The molecule has 1 N–H and O–H groups in total. The summed E-state index contributed by atoms with van der Waals surface area (Å²) in [7, 11) is 0. The summed E-state index contributed by atoms with van der Waals surface area (Å²) >= 11 is 0. The van der Waals surface area contributed by atoms with Crippen LogP contribution in [0.5, 0.6) is 0 Å². The molecule has 21 heavy (non-hydrogen) atoms. The third-order valence-corrected chi connectivity index (χ3v) is 3.44. The molecule has 0 unspecified atom stereocenters. The molecule has 3 aromatic rings. The average molecular weight is 284 g/mol. The van der Waals surface area contributed by atoms with Crippen LogP contribution in [0.1, 0.15) is 6.99 Å². The number of rotatable bonds is 3. The lowest BCUT2D eigenvalue weighted by Gasteiger charge is -2.26. The first-order chi connectivity index (χ1) is 10.3. The predicted octanol–water partition coefficient (Wildman–Crippen LogP) is 1.58. The maximum atomic E-state index is 5.14. The van der Waals surface area contributed by atoms with E-state index < -0.39 is 0 Å². The molecule has 1 saturated heterocycles. The lowest BCUT2D eigenvalue weighted by Crippen LogP contribution is -2.40. The maximum Gasteiger partial charge on any atom is 0.225 e. The molecule has 2 aromatic heterocycles. The summed E-state index contributed by atoms with van der Waals surface area (Å²) in [6.07, 6.45) is 1.68. The number of ether oxygens (including phenoxy) is 1. The zero-order valence-corrected chi connectivity index (χ0v) is 11.5. The van der Waals surface area contributed by atoms with Crippen LogP contribution in [-0.4, -0.2) is 44.2 Å². The molecule has 1 fully saturated rings. The highest BCUT2D eigenvalue weighted by atomic mass is 16.5. The van der Waals surface area contributed by atoms with Crippen LogP contribution in [0.2, 0.25) is 0 Å². The van der Waals surface area contributed by atoms with Gasteiger partial charge in [0.15, 0.2) is 11.2 Å². The van der Waals surface area contributed by atoms with Crippen LogP contribution < -0.4 is 5.32 Å². The highest BCUT2D eigenvalue weighted by Crippen LogP contribution is 2.16. The van der Waals surface area contributed by atoms with Crippen LogP contribution in [0.25, 0.3) is 16.9 Å². The molecule has 0 saturated carbocycles. The molecule has 0 radical (unpaired) electrons. The molecule has 3 heterocycles. The van der Waals surface area contributed by atoms with Crippen LogP contribution >= 0.6 is 0 Å². The smallest absolute Gasteiger partial charge is 0.225 e. The van der Waals surface area contributed by atoms with Crippen LogP contribution in [0.4, 0.5) is 5.95 Å². The summed E-state index contributed by atoms with van der Waals surface area (Å²) < 4.78 is 6.86. The van der Waals surface area contributed by atoms with Gasteiger partial charge in [0.2, 0.25) is 5.95 Å². The number of benzene rings is 1. The topological polar surface area (TPSA) is 77.8 Å². The Kier molecular flexibility index (Phi) is 2.78. The quantitative estimate of drug-likeness (QED) is 0.786. The second-order valence-corrected chi connectivity index (χ2v) is 5.12. The third kappa shape index (κ3) is 2.21. The van der Waals surface area contributed by atoms with Crippen LogP contribution in [0, 0.1) is 6.92 Å². The van der Waals surface area contributed by atoms with Gasteiger partial charge in [-0.05, 0) is 19.1 Å². The Balaban J connectivity index is 0.00000144. The largest absolute Gasteiger partial charge is 0.377 e. The fourth-order valence-electron chi connectivity index (χ4n) is 2.16. The van der Waals surface area contributed by atoms with E-state index in [2.05, 4.69) is 25.6 Å².